The SMILES string of the molecule is COc1ccc(-n2c(=O)[nH]c3nc(NCCc4ccc(OC)c(OC)c4)ncc3c2=O)cc1. The maximum Gasteiger partial charge on any atom is 0.334 e. The van der Waals surface area contributed by atoms with Crippen molar-refractivity contribution < 1.29 is 14.2 Å². The second kappa shape index (κ2) is 9.43. The Kier molecular flexibility index (Phi) is 6.25. The van der Waals surface area contributed by atoms with Gasteiger partial charge >= 0.3 is 5.69 Å². The van der Waals surface area contributed by atoms with Crippen molar-refractivity contribution in [3.8, 4) is 22.9 Å². The van der Waals surface area contributed by atoms with E-state index in [0.29, 0.717) is 41.8 Å². The van der Waals surface area contributed by atoms with E-state index in [2.05, 4.69) is 20.3 Å². The molecular weight excluding hydrogens is 426 g/mol. The van der Waals surface area contributed by atoms with Crippen LogP contribution < -0.4 is 30.8 Å². The first-order chi connectivity index (χ1) is 16.0. The Morgan fingerprint density at radius 2 is 1.73 bits per heavy atom. The molecule has 2 heterocycles. The third-order valence-corrected chi connectivity index (χ3v) is 5.13. The first-order valence-corrected chi connectivity index (χ1v) is 10.2. The smallest absolute Gasteiger partial charge is 0.334 e. The molecule has 4 aromatic rings. The van der Waals surface area contributed by atoms with E-state index in [1.165, 1.54) is 6.20 Å². The predicted molar refractivity (Wildman–Crippen MR) is 124 cm³/mol. The van der Waals surface area contributed by atoms with E-state index in [1.54, 1.807) is 45.6 Å². The molecule has 10 nitrogen and oxygen atoms in total. The Morgan fingerprint density at radius 3 is 2.42 bits per heavy atom. The van der Waals surface area contributed by atoms with Crippen molar-refractivity contribution in [3.63, 3.8) is 0 Å². The van der Waals surface area contributed by atoms with Gasteiger partial charge in [-0.3, -0.25) is 9.78 Å². The summed E-state index contributed by atoms with van der Waals surface area (Å²) >= 11 is 0. The lowest BCUT2D eigenvalue weighted by atomic mass is 10.1. The molecule has 0 amide bonds. The molecule has 0 bridgehead atoms. The minimum Gasteiger partial charge on any atom is -0.497 e. The second-order valence-electron chi connectivity index (χ2n) is 7.09. The molecule has 0 fully saturated rings. The number of rotatable bonds is 8. The number of aromatic amines is 1. The summed E-state index contributed by atoms with van der Waals surface area (Å²) in [7, 11) is 4.72. The van der Waals surface area contributed by atoms with Gasteiger partial charge in [-0.2, -0.15) is 4.98 Å². The van der Waals surface area contributed by atoms with Crippen LogP contribution in [0.2, 0.25) is 0 Å². The van der Waals surface area contributed by atoms with E-state index in [1.807, 2.05) is 18.2 Å². The molecule has 0 atom stereocenters. The molecule has 2 aromatic carbocycles. The van der Waals surface area contributed by atoms with Crippen LogP contribution in [0.25, 0.3) is 16.7 Å². The predicted octanol–water partition coefficient (Wildman–Crippen LogP) is 2.15. The summed E-state index contributed by atoms with van der Waals surface area (Å²) in [5.41, 5.74) is 0.527. The maximum atomic E-state index is 12.9. The molecule has 170 valence electrons. The van der Waals surface area contributed by atoms with Crippen LogP contribution in [0.4, 0.5) is 5.95 Å². The monoisotopic (exact) mass is 449 g/mol. The van der Waals surface area contributed by atoms with Gasteiger partial charge in [0.25, 0.3) is 5.56 Å². The number of nitrogens with zero attached hydrogens (tertiary/aromatic N) is 3. The quantitative estimate of drug-likeness (QED) is 0.420. The summed E-state index contributed by atoms with van der Waals surface area (Å²) in [5.74, 6) is 2.25. The Labute approximate surface area is 188 Å². The molecule has 10 heteroatoms. The van der Waals surface area contributed by atoms with Crippen molar-refractivity contribution in [2.45, 2.75) is 6.42 Å². The van der Waals surface area contributed by atoms with Crippen LogP contribution >= 0.6 is 0 Å². The van der Waals surface area contributed by atoms with Crippen molar-refractivity contribution in [3.05, 3.63) is 75.1 Å². The lowest BCUT2D eigenvalue weighted by Gasteiger charge is -2.10. The lowest BCUT2D eigenvalue weighted by molar-refractivity contribution is 0.354. The topological polar surface area (TPSA) is 120 Å². The highest BCUT2D eigenvalue weighted by molar-refractivity contribution is 5.73. The largest absolute Gasteiger partial charge is 0.497 e. The number of methoxy groups -OCH3 is 3. The fraction of sp³-hybridized carbons (Fsp3) is 0.217. The van der Waals surface area contributed by atoms with Gasteiger partial charge in [0.15, 0.2) is 17.1 Å². The molecule has 4 rings (SSSR count). The van der Waals surface area contributed by atoms with Crippen molar-refractivity contribution in [1.82, 2.24) is 19.5 Å². The third-order valence-electron chi connectivity index (χ3n) is 5.13. The Hall–Kier alpha value is -4.34. The number of hydrogen-bond donors (Lipinski definition) is 2. The van der Waals surface area contributed by atoms with E-state index in [9.17, 15) is 9.59 Å². The first-order valence-electron chi connectivity index (χ1n) is 10.2. The van der Waals surface area contributed by atoms with E-state index in [-0.39, 0.29) is 11.0 Å². The van der Waals surface area contributed by atoms with E-state index < -0.39 is 11.2 Å². The second-order valence-corrected chi connectivity index (χ2v) is 7.09. The molecule has 0 saturated carbocycles. The van der Waals surface area contributed by atoms with E-state index in [4.69, 9.17) is 14.2 Å². The minimum absolute atomic E-state index is 0.165. The van der Waals surface area contributed by atoms with Gasteiger partial charge in [0.2, 0.25) is 5.95 Å². The van der Waals surface area contributed by atoms with E-state index >= 15 is 0 Å². The summed E-state index contributed by atoms with van der Waals surface area (Å²) in [6.45, 7) is 0.536. The summed E-state index contributed by atoms with van der Waals surface area (Å²) in [6.07, 6.45) is 2.08. The summed E-state index contributed by atoms with van der Waals surface area (Å²) in [5, 5.41) is 3.31. The van der Waals surface area contributed by atoms with Gasteiger partial charge in [0.1, 0.15) is 11.1 Å². The van der Waals surface area contributed by atoms with Crippen LogP contribution in [0.15, 0.2) is 58.3 Å². The number of fused-ring (bicyclic) bond motifs is 1. The standard InChI is InChI=1S/C23H23N5O5/c1-31-16-7-5-15(6-8-16)28-21(29)17-13-25-22(26-20(17)27-23(28)30)24-11-10-14-4-9-18(32-2)19(12-14)33-3/h4-9,12-13H,10-11H2,1-3H3,(H2,24,25,26,27,30). The van der Waals surface area contributed by atoms with Crippen molar-refractivity contribution >= 4 is 17.0 Å². The molecule has 0 aliphatic carbocycles. The molecule has 33 heavy (non-hydrogen) atoms. The number of ether oxygens (including phenoxy) is 3. The van der Waals surface area contributed by atoms with Gasteiger partial charge in [0.05, 0.1) is 27.0 Å². The fourth-order valence-corrected chi connectivity index (χ4v) is 3.41. The number of anilines is 1. The minimum atomic E-state index is -0.590. The van der Waals surface area contributed by atoms with Crippen LogP contribution in [-0.4, -0.2) is 47.4 Å². The average Bonchev–Trinajstić information content (AvgIpc) is 2.84. The molecule has 0 radical (unpaired) electrons. The average molecular weight is 449 g/mol. The maximum absolute atomic E-state index is 12.9. The number of benzene rings is 2. The molecular formula is C23H23N5O5. The molecule has 0 spiro atoms. The fourth-order valence-electron chi connectivity index (χ4n) is 3.41. The highest BCUT2D eigenvalue weighted by Gasteiger charge is 2.12. The molecule has 0 aliphatic heterocycles. The van der Waals surface area contributed by atoms with Gasteiger partial charge in [0, 0.05) is 12.7 Å². The molecule has 0 saturated heterocycles. The Morgan fingerprint density at radius 1 is 0.970 bits per heavy atom. The van der Waals surface area contributed by atoms with Crippen LogP contribution in [0.1, 0.15) is 5.56 Å². The number of hydrogen-bond acceptors (Lipinski definition) is 8. The highest BCUT2D eigenvalue weighted by Crippen LogP contribution is 2.27. The van der Waals surface area contributed by atoms with Crippen LogP contribution in [0.5, 0.6) is 17.2 Å². The van der Waals surface area contributed by atoms with Crippen molar-refractivity contribution in [1.29, 1.82) is 0 Å². The number of aromatic nitrogens is 4. The normalized spacial score (nSPS) is 10.8. The van der Waals surface area contributed by atoms with Gasteiger partial charge in [-0.05, 0) is 48.4 Å². The Balaban J connectivity index is 1.54. The third kappa shape index (κ3) is 4.49. The van der Waals surface area contributed by atoms with Crippen molar-refractivity contribution in [2.75, 3.05) is 33.2 Å². The van der Waals surface area contributed by atoms with Crippen LogP contribution in [0.3, 0.4) is 0 Å². The molecule has 0 aliphatic rings. The van der Waals surface area contributed by atoms with Crippen molar-refractivity contribution in [2.24, 2.45) is 0 Å². The molecule has 2 N–H and O–H groups in total. The molecule has 0 unspecified atom stereocenters. The zero-order valence-corrected chi connectivity index (χ0v) is 18.4. The van der Waals surface area contributed by atoms with Crippen LogP contribution in [0, 0.1) is 0 Å². The zero-order chi connectivity index (χ0) is 23.4. The van der Waals surface area contributed by atoms with Gasteiger partial charge < -0.3 is 19.5 Å². The van der Waals surface area contributed by atoms with E-state index in [0.717, 1.165) is 10.1 Å². The summed E-state index contributed by atoms with van der Waals surface area (Å²) < 4.78 is 16.7. The summed E-state index contributed by atoms with van der Waals surface area (Å²) in [4.78, 5) is 36.7. The van der Waals surface area contributed by atoms with Gasteiger partial charge in [-0.15, -0.1) is 0 Å². The lowest BCUT2D eigenvalue weighted by Crippen LogP contribution is -2.34. The summed E-state index contributed by atoms with van der Waals surface area (Å²) in [6, 6.07) is 12.3. The molecule has 2 aromatic heterocycles. The van der Waals surface area contributed by atoms with Gasteiger partial charge in [-0.25, -0.2) is 14.3 Å². The zero-order valence-electron chi connectivity index (χ0n) is 18.4. The Bertz CT molecular complexity index is 1400. The van der Waals surface area contributed by atoms with Gasteiger partial charge in [-0.1, -0.05) is 6.07 Å². The highest BCUT2D eigenvalue weighted by atomic mass is 16.5. The number of nitrogens with one attached hydrogen (secondary N) is 2. The first kappa shape index (κ1) is 21.9. The van der Waals surface area contributed by atoms with Crippen LogP contribution in [-0.2, 0) is 6.42 Å². The number of H-pyrrole nitrogens is 1.